The minimum absolute atomic E-state index is 0.589. The SMILES string of the molecule is Brc1ccc(-c2nnc3ccc(N/N=C/c4cccnc4)nn23)cc1. The van der Waals surface area contributed by atoms with Crippen molar-refractivity contribution in [3.05, 3.63) is 71.0 Å². The Labute approximate surface area is 151 Å². The van der Waals surface area contributed by atoms with E-state index in [9.17, 15) is 0 Å². The Bertz CT molecular complexity index is 1030. The van der Waals surface area contributed by atoms with Crippen molar-refractivity contribution in [2.75, 3.05) is 5.43 Å². The molecule has 0 saturated carbocycles. The van der Waals surface area contributed by atoms with Gasteiger partial charge in [-0.2, -0.15) is 9.62 Å². The maximum atomic E-state index is 4.50. The summed E-state index contributed by atoms with van der Waals surface area (Å²) in [5, 5.41) is 17.1. The van der Waals surface area contributed by atoms with E-state index >= 15 is 0 Å². The summed E-state index contributed by atoms with van der Waals surface area (Å²) >= 11 is 3.43. The van der Waals surface area contributed by atoms with Crippen molar-refractivity contribution in [2.45, 2.75) is 0 Å². The smallest absolute Gasteiger partial charge is 0.185 e. The van der Waals surface area contributed by atoms with Crippen LogP contribution in [0, 0.1) is 0 Å². The van der Waals surface area contributed by atoms with Crippen molar-refractivity contribution in [3.63, 3.8) is 0 Å². The molecule has 122 valence electrons. The minimum Gasteiger partial charge on any atom is -0.264 e. The second-order valence-electron chi connectivity index (χ2n) is 5.18. The average Bonchev–Trinajstić information content (AvgIpc) is 3.07. The van der Waals surface area contributed by atoms with Crippen LogP contribution in [0.5, 0.6) is 0 Å². The first kappa shape index (κ1) is 15.4. The van der Waals surface area contributed by atoms with Crippen LogP contribution in [0.4, 0.5) is 5.82 Å². The highest BCUT2D eigenvalue weighted by Gasteiger charge is 2.09. The summed E-state index contributed by atoms with van der Waals surface area (Å²) in [6.45, 7) is 0. The molecule has 0 radical (unpaired) electrons. The Morgan fingerprint density at radius 2 is 1.92 bits per heavy atom. The van der Waals surface area contributed by atoms with Crippen LogP contribution in [0.2, 0.25) is 0 Å². The van der Waals surface area contributed by atoms with Crippen molar-refractivity contribution < 1.29 is 0 Å². The molecule has 0 fully saturated rings. The van der Waals surface area contributed by atoms with E-state index in [1.165, 1.54) is 0 Å². The molecule has 1 aromatic carbocycles. The van der Waals surface area contributed by atoms with Gasteiger partial charge in [-0.15, -0.1) is 15.3 Å². The van der Waals surface area contributed by atoms with Gasteiger partial charge >= 0.3 is 0 Å². The molecule has 0 saturated heterocycles. The second kappa shape index (κ2) is 6.78. The molecule has 0 bridgehead atoms. The van der Waals surface area contributed by atoms with Gasteiger partial charge in [0.25, 0.3) is 0 Å². The first-order chi connectivity index (χ1) is 12.3. The van der Waals surface area contributed by atoms with Crippen LogP contribution in [0.25, 0.3) is 17.0 Å². The number of benzene rings is 1. The number of nitrogens with one attached hydrogen (secondary N) is 1. The van der Waals surface area contributed by atoms with Gasteiger partial charge in [-0.05, 0) is 30.3 Å². The van der Waals surface area contributed by atoms with Crippen molar-refractivity contribution >= 4 is 33.6 Å². The summed E-state index contributed by atoms with van der Waals surface area (Å²) in [5.41, 5.74) is 5.40. The molecule has 0 atom stereocenters. The number of anilines is 1. The molecule has 3 aromatic heterocycles. The second-order valence-corrected chi connectivity index (χ2v) is 6.09. The Hall–Kier alpha value is -3.13. The molecular formula is C17H12BrN7. The lowest BCUT2D eigenvalue weighted by atomic mass is 10.2. The van der Waals surface area contributed by atoms with Gasteiger partial charge < -0.3 is 0 Å². The summed E-state index contributed by atoms with van der Waals surface area (Å²) in [5.74, 6) is 1.26. The highest BCUT2D eigenvalue weighted by atomic mass is 79.9. The molecule has 1 N–H and O–H groups in total. The molecule has 8 heteroatoms. The van der Waals surface area contributed by atoms with Crippen LogP contribution in [-0.2, 0) is 0 Å². The van der Waals surface area contributed by atoms with Gasteiger partial charge in [0.15, 0.2) is 17.3 Å². The van der Waals surface area contributed by atoms with Crippen LogP contribution in [0.15, 0.2) is 70.5 Å². The Kier molecular flexibility index (Phi) is 4.17. The summed E-state index contributed by atoms with van der Waals surface area (Å²) in [6, 6.07) is 15.2. The van der Waals surface area contributed by atoms with Gasteiger partial charge in [-0.1, -0.05) is 34.1 Å². The quantitative estimate of drug-likeness (QED) is 0.424. The van der Waals surface area contributed by atoms with E-state index in [0.717, 1.165) is 15.6 Å². The highest BCUT2D eigenvalue weighted by molar-refractivity contribution is 9.10. The summed E-state index contributed by atoms with van der Waals surface area (Å²) < 4.78 is 2.69. The maximum Gasteiger partial charge on any atom is 0.185 e. The number of nitrogens with zero attached hydrogens (tertiary/aromatic N) is 6. The topological polar surface area (TPSA) is 80.4 Å². The molecule has 3 heterocycles. The van der Waals surface area contributed by atoms with Gasteiger partial charge in [-0.25, -0.2) is 0 Å². The number of rotatable bonds is 4. The van der Waals surface area contributed by atoms with Crippen molar-refractivity contribution in [2.24, 2.45) is 5.10 Å². The third kappa shape index (κ3) is 3.38. The van der Waals surface area contributed by atoms with E-state index in [1.807, 2.05) is 42.5 Å². The van der Waals surface area contributed by atoms with E-state index in [-0.39, 0.29) is 0 Å². The zero-order valence-electron chi connectivity index (χ0n) is 12.9. The number of hydrazone groups is 1. The van der Waals surface area contributed by atoms with Crippen molar-refractivity contribution in [1.82, 2.24) is 24.8 Å². The zero-order chi connectivity index (χ0) is 17.1. The number of hydrogen-bond acceptors (Lipinski definition) is 6. The van der Waals surface area contributed by atoms with Crippen molar-refractivity contribution in [3.8, 4) is 11.4 Å². The molecule has 4 aromatic rings. The van der Waals surface area contributed by atoms with Crippen LogP contribution < -0.4 is 5.43 Å². The summed E-state index contributed by atoms with van der Waals surface area (Å²) in [6.07, 6.45) is 5.13. The molecule has 0 amide bonds. The van der Waals surface area contributed by atoms with E-state index in [2.05, 4.69) is 46.7 Å². The largest absolute Gasteiger partial charge is 0.264 e. The van der Waals surface area contributed by atoms with E-state index in [4.69, 9.17) is 0 Å². The predicted molar refractivity (Wildman–Crippen MR) is 99.4 cm³/mol. The van der Waals surface area contributed by atoms with Crippen molar-refractivity contribution in [1.29, 1.82) is 0 Å². The number of hydrogen-bond donors (Lipinski definition) is 1. The Balaban J connectivity index is 1.62. The molecule has 25 heavy (non-hydrogen) atoms. The average molecular weight is 394 g/mol. The monoisotopic (exact) mass is 393 g/mol. The first-order valence-corrected chi connectivity index (χ1v) is 8.26. The highest BCUT2D eigenvalue weighted by Crippen LogP contribution is 2.20. The normalized spacial score (nSPS) is 11.2. The number of pyridine rings is 1. The lowest BCUT2D eigenvalue weighted by molar-refractivity contribution is 0.934. The maximum absolute atomic E-state index is 4.50. The third-order valence-electron chi connectivity index (χ3n) is 3.44. The zero-order valence-corrected chi connectivity index (χ0v) is 14.5. The fourth-order valence-electron chi connectivity index (χ4n) is 2.25. The van der Waals surface area contributed by atoms with Gasteiger partial charge in [0, 0.05) is 28.0 Å². The fourth-order valence-corrected chi connectivity index (χ4v) is 2.52. The van der Waals surface area contributed by atoms with Gasteiger partial charge in [-0.3, -0.25) is 10.4 Å². The van der Waals surface area contributed by atoms with E-state index in [1.54, 1.807) is 29.2 Å². The number of halogens is 1. The van der Waals surface area contributed by atoms with Gasteiger partial charge in [0.1, 0.15) is 0 Å². The minimum atomic E-state index is 0.589. The van der Waals surface area contributed by atoms with Crippen LogP contribution in [0.1, 0.15) is 5.56 Å². The van der Waals surface area contributed by atoms with Gasteiger partial charge in [0.2, 0.25) is 0 Å². The molecule has 0 aliphatic carbocycles. The molecule has 0 aliphatic heterocycles. The lowest BCUT2D eigenvalue weighted by Crippen LogP contribution is -2.00. The molecule has 7 nitrogen and oxygen atoms in total. The first-order valence-electron chi connectivity index (χ1n) is 7.47. The number of fused-ring (bicyclic) bond motifs is 1. The third-order valence-corrected chi connectivity index (χ3v) is 3.97. The summed E-state index contributed by atoms with van der Waals surface area (Å²) in [7, 11) is 0. The van der Waals surface area contributed by atoms with Crippen LogP contribution in [-0.4, -0.2) is 31.0 Å². The Morgan fingerprint density at radius 1 is 1.04 bits per heavy atom. The molecular weight excluding hydrogens is 382 g/mol. The van der Waals surface area contributed by atoms with Gasteiger partial charge in [0.05, 0.1) is 6.21 Å². The standard InChI is InChI=1S/C17H12BrN7/c18-14-5-3-13(4-6-14)17-23-22-16-8-7-15(24-25(16)17)21-20-11-12-2-1-9-19-10-12/h1-11H,(H,21,24)/b20-11+. The van der Waals surface area contributed by atoms with E-state index < -0.39 is 0 Å². The number of aromatic nitrogens is 5. The molecule has 4 rings (SSSR count). The fraction of sp³-hybridized carbons (Fsp3) is 0. The predicted octanol–water partition coefficient (Wildman–Crippen LogP) is 3.39. The van der Waals surface area contributed by atoms with Crippen LogP contribution in [0.3, 0.4) is 0 Å². The molecule has 0 unspecified atom stereocenters. The van der Waals surface area contributed by atoms with Crippen LogP contribution >= 0.6 is 15.9 Å². The Morgan fingerprint density at radius 3 is 2.72 bits per heavy atom. The lowest BCUT2D eigenvalue weighted by Gasteiger charge is -2.02. The molecule has 0 aliphatic rings. The van der Waals surface area contributed by atoms with E-state index in [0.29, 0.717) is 17.3 Å². The summed E-state index contributed by atoms with van der Waals surface area (Å²) in [4.78, 5) is 4.04. The molecule has 0 spiro atoms.